The molecule has 282 valence electrons. The highest BCUT2D eigenvalue weighted by Gasteiger charge is 2.16. The van der Waals surface area contributed by atoms with Crippen molar-refractivity contribution in [2.24, 2.45) is 0 Å². The van der Waals surface area contributed by atoms with Crippen molar-refractivity contribution in [1.82, 2.24) is 0 Å². The average molecular weight is 685 g/mol. The number of ether oxygens (including phenoxy) is 2. The molecule has 0 aliphatic heterocycles. The summed E-state index contributed by atoms with van der Waals surface area (Å²) >= 11 is 0. The Kier molecular flexibility index (Phi) is 38.1. The second kappa shape index (κ2) is 40.0. The first kappa shape index (κ1) is 46.6. The summed E-state index contributed by atoms with van der Waals surface area (Å²) in [4.78, 5) is 24.3. The number of aliphatic hydroxyl groups is 1. The van der Waals surface area contributed by atoms with Gasteiger partial charge in [-0.3, -0.25) is 9.59 Å². The van der Waals surface area contributed by atoms with Crippen molar-refractivity contribution in [1.29, 1.82) is 0 Å². The molecule has 0 heterocycles. The molecule has 0 aliphatic rings. The number of carbonyl (C=O) groups excluding carboxylic acids is 2. The molecule has 1 atom stereocenters. The van der Waals surface area contributed by atoms with Crippen LogP contribution in [0.3, 0.4) is 0 Å². The van der Waals surface area contributed by atoms with Crippen LogP contribution in [0.5, 0.6) is 0 Å². The second-order valence-electron chi connectivity index (χ2n) is 13.4. The minimum Gasteiger partial charge on any atom is -0.462 e. The molecule has 1 unspecified atom stereocenters. The van der Waals surface area contributed by atoms with Crippen molar-refractivity contribution >= 4 is 11.9 Å². The van der Waals surface area contributed by atoms with E-state index in [1.165, 1.54) is 89.9 Å². The highest BCUT2D eigenvalue weighted by molar-refractivity contribution is 5.70. The predicted molar refractivity (Wildman–Crippen MR) is 210 cm³/mol. The SMILES string of the molecule is CCCC/C=C\C/C=C\CCCCCCCC(=O)OCC(CO)OC(=O)CCCCCCCC/C=C\C/C=C\C/C=C\CCCCCCC. The summed E-state index contributed by atoms with van der Waals surface area (Å²) in [5.41, 5.74) is 0. The molecule has 5 nitrogen and oxygen atoms in total. The van der Waals surface area contributed by atoms with E-state index < -0.39 is 6.10 Å². The van der Waals surface area contributed by atoms with Gasteiger partial charge in [0.25, 0.3) is 0 Å². The van der Waals surface area contributed by atoms with Crippen LogP contribution in [0.2, 0.25) is 0 Å². The van der Waals surface area contributed by atoms with E-state index >= 15 is 0 Å². The predicted octanol–water partition coefficient (Wildman–Crippen LogP) is 12.8. The fourth-order valence-corrected chi connectivity index (χ4v) is 5.40. The maximum Gasteiger partial charge on any atom is 0.306 e. The van der Waals surface area contributed by atoms with Crippen molar-refractivity contribution in [3.8, 4) is 0 Å². The molecule has 1 N–H and O–H groups in total. The summed E-state index contributed by atoms with van der Waals surface area (Å²) in [5, 5.41) is 9.56. The molecule has 0 fully saturated rings. The molecular weight excluding hydrogens is 608 g/mol. The minimum atomic E-state index is -0.786. The Balaban J connectivity index is 3.62. The topological polar surface area (TPSA) is 72.8 Å². The van der Waals surface area contributed by atoms with Crippen LogP contribution in [-0.4, -0.2) is 36.4 Å². The highest BCUT2D eigenvalue weighted by atomic mass is 16.6. The van der Waals surface area contributed by atoms with Crippen molar-refractivity contribution in [3.63, 3.8) is 0 Å². The summed E-state index contributed by atoms with van der Waals surface area (Å²) in [6, 6.07) is 0. The van der Waals surface area contributed by atoms with Gasteiger partial charge in [-0.1, -0.05) is 158 Å². The summed E-state index contributed by atoms with van der Waals surface area (Å²) < 4.78 is 10.6. The number of unbranched alkanes of at least 4 members (excludes halogenated alkanes) is 18. The quantitative estimate of drug-likeness (QED) is 0.0404. The smallest absolute Gasteiger partial charge is 0.306 e. The normalized spacial score (nSPS) is 12.8. The fraction of sp³-hybridized carbons (Fsp3) is 0.727. The van der Waals surface area contributed by atoms with Gasteiger partial charge in [0, 0.05) is 12.8 Å². The van der Waals surface area contributed by atoms with E-state index in [2.05, 4.69) is 74.6 Å². The Bertz CT molecular complexity index is 869. The zero-order valence-corrected chi connectivity index (χ0v) is 31.9. The lowest BCUT2D eigenvalue weighted by atomic mass is 10.1. The van der Waals surface area contributed by atoms with E-state index in [1.54, 1.807) is 0 Å². The molecule has 0 aromatic heterocycles. The van der Waals surface area contributed by atoms with E-state index in [1.807, 2.05) is 0 Å². The standard InChI is InChI=1S/C44H76O5/c1-3-5-7-9-11-13-15-17-19-20-21-22-23-24-25-27-29-31-33-35-37-39-44(47)49-42(40-45)41-48-43(46)38-36-34-32-30-28-26-18-16-14-12-10-8-6-4-2/h10,12,15-18,20-21,23-24,42,45H,3-9,11,13-14,19,22,25-41H2,1-2H3/b12-10-,17-15-,18-16-,21-20-,24-23-. The summed E-state index contributed by atoms with van der Waals surface area (Å²) in [7, 11) is 0. The van der Waals surface area contributed by atoms with Crippen molar-refractivity contribution in [2.75, 3.05) is 13.2 Å². The molecule has 5 heteroatoms. The first-order valence-corrected chi connectivity index (χ1v) is 20.3. The lowest BCUT2D eigenvalue weighted by Gasteiger charge is -2.15. The van der Waals surface area contributed by atoms with E-state index in [-0.39, 0.29) is 25.2 Å². The Labute approximate surface area is 302 Å². The lowest BCUT2D eigenvalue weighted by molar-refractivity contribution is -0.161. The molecule has 0 radical (unpaired) electrons. The molecule has 0 saturated carbocycles. The molecule has 0 rings (SSSR count). The second-order valence-corrected chi connectivity index (χ2v) is 13.4. The van der Waals surface area contributed by atoms with Crippen molar-refractivity contribution in [2.45, 2.75) is 193 Å². The third kappa shape index (κ3) is 38.3. The van der Waals surface area contributed by atoms with Crippen molar-refractivity contribution in [3.05, 3.63) is 60.8 Å². The van der Waals surface area contributed by atoms with E-state index in [4.69, 9.17) is 9.47 Å². The average Bonchev–Trinajstić information content (AvgIpc) is 3.10. The maximum atomic E-state index is 12.2. The van der Waals surface area contributed by atoms with Gasteiger partial charge in [-0.15, -0.1) is 0 Å². The lowest BCUT2D eigenvalue weighted by Crippen LogP contribution is -2.28. The van der Waals surface area contributed by atoms with Crippen LogP contribution in [0.15, 0.2) is 60.8 Å². The maximum absolute atomic E-state index is 12.2. The van der Waals surface area contributed by atoms with Crippen LogP contribution in [0, 0.1) is 0 Å². The first-order valence-electron chi connectivity index (χ1n) is 20.3. The third-order valence-corrected chi connectivity index (χ3v) is 8.53. The largest absolute Gasteiger partial charge is 0.462 e. The van der Waals surface area contributed by atoms with Crippen LogP contribution < -0.4 is 0 Å². The van der Waals surface area contributed by atoms with Gasteiger partial charge in [-0.05, 0) is 77.0 Å². The van der Waals surface area contributed by atoms with Gasteiger partial charge >= 0.3 is 11.9 Å². The highest BCUT2D eigenvalue weighted by Crippen LogP contribution is 2.12. The van der Waals surface area contributed by atoms with Gasteiger partial charge in [-0.25, -0.2) is 0 Å². The summed E-state index contributed by atoms with van der Waals surface area (Å²) in [6.07, 6.45) is 51.3. The van der Waals surface area contributed by atoms with Gasteiger partial charge in [0.1, 0.15) is 6.61 Å². The number of hydrogen-bond donors (Lipinski definition) is 1. The molecule has 0 bridgehead atoms. The number of carbonyl (C=O) groups is 2. The molecule has 0 aromatic rings. The minimum absolute atomic E-state index is 0.0808. The van der Waals surface area contributed by atoms with Gasteiger partial charge in [0.2, 0.25) is 0 Å². The molecular formula is C44H76O5. The Morgan fingerprint density at radius 2 is 0.837 bits per heavy atom. The van der Waals surface area contributed by atoms with E-state index in [0.717, 1.165) is 70.6 Å². The van der Waals surface area contributed by atoms with Gasteiger partial charge in [-0.2, -0.15) is 0 Å². The van der Waals surface area contributed by atoms with Crippen LogP contribution >= 0.6 is 0 Å². The first-order chi connectivity index (χ1) is 24.1. The van der Waals surface area contributed by atoms with Crippen LogP contribution in [-0.2, 0) is 19.1 Å². The van der Waals surface area contributed by atoms with Gasteiger partial charge < -0.3 is 14.6 Å². The van der Waals surface area contributed by atoms with E-state index in [0.29, 0.717) is 12.8 Å². The molecule has 0 amide bonds. The number of esters is 2. The third-order valence-electron chi connectivity index (χ3n) is 8.53. The van der Waals surface area contributed by atoms with E-state index in [9.17, 15) is 14.7 Å². The Hall–Kier alpha value is -2.40. The van der Waals surface area contributed by atoms with Gasteiger partial charge in [0.05, 0.1) is 6.61 Å². The molecule has 0 spiro atoms. The van der Waals surface area contributed by atoms with Crippen LogP contribution in [0.4, 0.5) is 0 Å². The number of aliphatic hydroxyl groups excluding tert-OH is 1. The number of hydrogen-bond acceptors (Lipinski definition) is 5. The van der Waals surface area contributed by atoms with Crippen LogP contribution in [0.1, 0.15) is 187 Å². The number of rotatable bonds is 36. The Morgan fingerprint density at radius 3 is 1.29 bits per heavy atom. The van der Waals surface area contributed by atoms with Crippen LogP contribution in [0.25, 0.3) is 0 Å². The molecule has 49 heavy (non-hydrogen) atoms. The summed E-state index contributed by atoms with van der Waals surface area (Å²) in [5.74, 6) is -0.625. The molecule has 0 aliphatic carbocycles. The molecule has 0 aromatic carbocycles. The molecule has 0 saturated heterocycles. The zero-order valence-electron chi connectivity index (χ0n) is 31.9. The Morgan fingerprint density at radius 1 is 0.469 bits per heavy atom. The van der Waals surface area contributed by atoms with Gasteiger partial charge in [0.15, 0.2) is 6.10 Å². The zero-order chi connectivity index (χ0) is 35.7. The fourth-order valence-electron chi connectivity index (χ4n) is 5.40. The monoisotopic (exact) mass is 685 g/mol. The van der Waals surface area contributed by atoms with Crippen molar-refractivity contribution < 1.29 is 24.2 Å². The number of allylic oxidation sites excluding steroid dienone is 10. The summed E-state index contributed by atoms with van der Waals surface area (Å²) in [6.45, 7) is 4.05.